The van der Waals surface area contributed by atoms with E-state index in [1.165, 1.54) is 5.56 Å². The van der Waals surface area contributed by atoms with Crippen molar-refractivity contribution in [2.24, 2.45) is 0 Å². The second-order valence-corrected chi connectivity index (χ2v) is 4.90. The van der Waals surface area contributed by atoms with Gasteiger partial charge in [0.15, 0.2) is 5.82 Å². The molecule has 0 aliphatic rings. The molecule has 2 aromatic rings. The number of aryl methyl sites for hydroxylation is 1. The standard InChI is InChI=1S/C15H21N3O/c1-4-12(3)15-17-14(19-18-15)9-10-16-13-7-5-11(2)6-8-13/h5-8,12,16H,4,9-10H2,1-3H3. The number of hydrogen-bond acceptors (Lipinski definition) is 4. The average molecular weight is 259 g/mol. The van der Waals surface area contributed by atoms with E-state index in [2.05, 4.69) is 60.5 Å². The molecule has 1 aromatic carbocycles. The lowest BCUT2D eigenvalue weighted by Crippen LogP contribution is -2.05. The average Bonchev–Trinajstić information content (AvgIpc) is 2.89. The summed E-state index contributed by atoms with van der Waals surface area (Å²) < 4.78 is 5.24. The molecule has 4 heteroatoms. The lowest BCUT2D eigenvalue weighted by Gasteiger charge is -2.04. The van der Waals surface area contributed by atoms with Crippen LogP contribution in [0.15, 0.2) is 28.8 Å². The smallest absolute Gasteiger partial charge is 0.228 e. The molecule has 1 atom stereocenters. The topological polar surface area (TPSA) is 51.0 Å². The molecule has 19 heavy (non-hydrogen) atoms. The second kappa shape index (κ2) is 6.36. The minimum Gasteiger partial charge on any atom is -0.385 e. The molecule has 1 N–H and O–H groups in total. The third-order valence-electron chi connectivity index (χ3n) is 3.26. The van der Waals surface area contributed by atoms with Gasteiger partial charge in [-0.05, 0) is 25.5 Å². The molecule has 0 radical (unpaired) electrons. The summed E-state index contributed by atoms with van der Waals surface area (Å²) in [5.41, 5.74) is 2.38. The first-order chi connectivity index (χ1) is 9.19. The van der Waals surface area contributed by atoms with Crippen molar-refractivity contribution in [1.82, 2.24) is 10.1 Å². The van der Waals surface area contributed by atoms with Crippen LogP contribution < -0.4 is 5.32 Å². The summed E-state index contributed by atoms with van der Waals surface area (Å²) in [6.45, 7) is 7.11. The summed E-state index contributed by atoms with van der Waals surface area (Å²) >= 11 is 0. The van der Waals surface area contributed by atoms with Crippen LogP contribution in [0.1, 0.15) is 43.5 Å². The minimum absolute atomic E-state index is 0.363. The highest BCUT2D eigenvalue weighted by Gasteiger charge is 2.11. The van der Waals surface area contributed by atoms with Gasteiger partial charge >= 0.3 is 0 Å². The predicted octanol–water partition coefficient (Wildman–Crippen LogP) is 3.55. The summed E-state index contributed by atoms with van der Waals surface area (Å²) in [5.74, 6) is 1.88. The van der Waals surface area contributed by atoms with Gasteiger partial charge in [-0.3, -0.25) is 0 Å². The highest BCUT2D eigenvalue weighted by Crippen LogP contribution is 2.15. The van der Waals surface area contributed by atoms with Crippen LogP contribution in [-0.2, 0) is 6.42 Å². The minimum atomic E-state index is 0.363. The molecular weight excluding hydrogens is 238 g/mol. The Morgan fingerprint density at radius 2 is 2.00 bits per heavy atom. The third kappa shape index (κ3) is 3.81. The van der Waals surface area contributed by atoms with Crippen LogP contribution in [-0.4, -0.2) is 16.7 Å². The molecule has 0 bridgehead atoms. The van der Waals surface area contributed by atoms with Crippen LogP contribution in [0.25, 0.3) is 0 Å². The number of aromatic nitrogens is 2. The zero-order valence-electron chi connectivity index (χ0n) is 11.8. The Bertz CT molecular complexity index is 504. The fraction of sp³-hybridized carbons (Fsp3) is 0.467. The normalized spacial score (nSPS) is 12.4. The molecule has 1 aromatic heterocycles. The van der Waals surface area contributed by atoms with Crippen molar-refractivity contribution in [3.05, 3.63) is 41.5 Å². The first-order valence-electron chi connectivity index (χ1n) is 6.82. The first-order valence-corrected chi connectivity index (χ1v) is 6.82. The predicted molar refractivity (Wildman–Crippen MR) is 76.4 cm³/mol. The maximum absolute atomic E-state index is 5.24. The van der Waals surface area contributed by atoms with E-state index in [0.717, 1.165) is 30.9 Å². The maximum Gasteiger partial charge on any atom is 0.228 e. The van der Waals surface area contributed by atoms with Gasteiger partial charge in [0.1, 0.15) is 0 Å². The number of nitrogens with zero attached hydrogens (tertiary/aromatic N) is 2. The molecule has 0 fully saturated rings. The van der Waals surface area contributed by atoms with E-state index in [-0.39, 0.29) is 0 Å². The molecule has 0 saturated carbocycles. The van der Waals surface area contributed by atoms with Crippen LogP contribution in [0.3, 0.4) is 0 Å². The molecule has 1 heterocycles. The summed E-state index contributed by atoms with van der Waals surface area (Å²) in [6, 6.07) is 8.34. The van der Waals surface area contributed by atoms with E-state index in [4.69, 9.17) is 4.52 Å². The molecule has 0 saturated heterocycles. The van der Waals surface area contributed by atoms with Crippen LogP contribution in [0, 0.1) is 6.92 Å². The van der Waals surface area contributed by atoms with Gasteiger partial charge in [-0.15, -0.1) is 0 Å². The summed E-state index contributed by atoms with van der Waals surface area (Å²) in [5, 5.41) is 7.36. The molecule has 1 unspecified atom stereocenters. The van der Waals surface area contributed by atoms with Crippen molar-refractivity contribution in [1.29, 1.82) is 0 Å². The fourth-order valence-corrected chi connectivity index (χ4v) is 1.74. The number of rotatable bonds is 6. The van der Waals surface area contributed by atoms with E-state index >= 15 is 0 Å². The van der Waals surface area contributed by atoms with Crippen molar-refractivity contribution in [2.75, 3.05) is 11.9 Å². The number of nitrogens with one attached hydrogen (secondary N) is 1. The summed E-state index contributed by atoms with van der Waals surface area (Å²) in [7, 11) is 0. The second-order valence-electron chi connectivity index (χ2n) is 4.90. The van der Waals surface area contributed by atoms with Crippen molar-refractivity contribution in [2.45, 2.75) is 39.5 Å². The Morgan fingerprint density at radius 1 is 1.26 bits per heavy atom. The number of anilines is 1. The molecular formula is C15H21N3O. The Kier molecular flexibility index (Phi) is 4.55. The van der Waals surface area contributed by atoms with Gasteiger partial charge in [0.25, 0.3) is 0 Å². The highest BCUT2D eigenvalue weighted by atomic mass is 16.5. The third-order valence-corrected chi connectivity index (χ3v) is 3.26. The first kappa shape index (κ1) is 13.6. The van der Waals surface area contributed by atoms with Crippen LogP contribution >= 0.6 is 0 Å². The monoisotopic (exact) mass is 259 g/mol. The SMILES string of the molecule is CCC(C)c1noc(CCNc2ccc(C)cc2)n1. The van der Waals surface area contributed by atoms with Crippen LogP contribution in [0.4, 0.5) is 5.69 Å². The van der Waals surface area contributed by atoms with Gasteiger partial charge < -0.3 is 9.84 Å². The van der Waals surface area contributed by atoms with Gasteiger partial charge in [-0.2, -0.15) is 4.98 Å². The van der Waals surface area contributed by atoms with E-state index in [1.54, 1.807) is 0 Å². The zero-order chi connectivity index (χ0) is 13.7. The Balaban J connectivity index is 1.82. The Morgan fingerprint density at radius 3 is 2.68 bits per heavy atom. The van der Waals surface area contributed by atoms with Gasteiger partial charge in [0, 0.05) is 24.6 Å². The largest absolute Gasteiger partial charge is 0.385 e. The molecule has 102 valence electrons. The zero-order valence-corrected chi connectivity index (χ0v) is 11.8. The molecule has 0 aliphatic heterocycles. The van der Waals surface area contributed by atoms with Crippen LogP contribution in [0.5, 0.6) is 0 Å². The molecule has 0 spiro atoms. The molecule has 4 nitrogen and oxygen atoms in total. The van der Waals surface area contributed by atoms with E-state index in [1.807, 2.05) is 0 Å². The van der Waals surface area contributed by atoms with Crippen molar-refractivity contribution in [3.63, 3.8) is 0 Å². The van der Waals surface area contributed by atoms with Gasteiger partial charge in [0.05, 0.1) is 0 Å². The number of hydrogen-bond donors (Lipinski definition) is 1. The van der Waals surface area contributed by atoms with E-state index < -0.39 is 0 Å². The molecule has 0 aliphatic carbocycles. The van der Waals surface area contributed by atoms with E-state index in [9.17, 15) is 0 Å². The fourth-order valence-electron chi connectivity index (χ4n) is 1.74. The quantitative estimate of drug-likeness (QED) is 0.862. The summed E-state index contributed by atoms with van der Waals surface area (Å²) in [4.78, 5) is 4.41. The van der Waals surface area contributed by atoms with Crippen molar-refractivity contribution < 1.29 is 4.52 Å². The van der Waals surface area contributed by atoms with E-state index in [0.29, 0.717) is 11.8 Å². The lowest BCUT2D eigenvalue weighted by atomic mass is 10.1. The maximum atomic E-state index is 5.24. The molecule has 2 rings (SSSR count). The Hall–Kier alpha value is -1.84. The van der Waals surface area contributed by atoms with Gasteiger partial charge in [0.2, 0.25) is 5.89 Å². The van der Waals surface area contributed by atoms with Crippen molar-refractivity contribution in [3.8, 4) is 0 Å². The summed E-state index contributed by atoms with van der Waals surface area (Å²) in [6.07, 6.45) is 1.78. The highest BCUT2D eigenvalue weighted by molar-refractivity contribution is 5.44. The molecule has 0 amide bonds. The lowest BCUT2D eigenvalue weighted by molar-refractivity contribution is 0.372. The van der Waals surface area contributed by atoms with Gasteiger partial charge in [-0.25, -0.2) is 0 Å². The van der Waals surface area contributed by atoms with Crippen molar-refractivity contribution >= 4 is 5.69 Å². The van der Waals surface area contributed by atoms with Gasteiger partial charge in [-0.1, -0.05) is 36.7 Å². The van der Waals surface area contributed by atoms with Crippen LogP contribution in [0.2, 0.25) is 0 Å². The number of benzene rings is 1. The Labute approximate surface area is 114 Å².